The van der Waals surface area contributed by atoms with Crippen molar-refractivity contribution in [1.82, 2.24) is 25.1 Å². The molecule has 3 heterocycles. The number of H-pyrrole nitrogens is 1. The number of aromatic nitrogens is 5. The van der Waals surface area contributed by atoms with Crippen LogP contribution in [0.25, 0.3) is 21.3 Å². The SMILES string of the molecule is CC[C@H](Nc1ncnc2scc(-c3ccc(C)cc3)c12)c1n[nH]c(C)n1. The van der Waals surface area contributed by atoms with Crippen LogP contribution < -0.4 is 5.32 Å². The Labute approximate surface area is 155 Å². The van der Waals surface area contributed by atoms with Crippen LogP contribution in [0.2, 0.25) is 0 Å². The lowest BCUT2D eigenvalue weighted by Gasteiger charge is -2.15. The van der Waals surface area contributed by atoms with Gasteiger partial charge in [-0.05, 0) is 25.8 Å². The van der Waals surface area contributed by atoms with Crippen molar-refractivity contribution in [3.63, 3.8) is 0 Å². The molecular weight excluding hydrogens is 344 g/mol. The smallest absolute Gasteiger partial charge is 0.172 e. The molecule has 0 spiro atoms. The van der Waals surface area contributed by atoms with E-state index in [2.05, 4.69) is 74.0 Å². The number of rotatable bonds is 5. The highest BCUT2D eigenvalue weighted by atomic mass is 32.1. The number of thiophene rings is 1. The Morgan fingerprint density at radius 3 is 2.65 bits per heavy atom. The van der Waals surface area contributed by atoms with Gasteiger partial charge < -0.3 is 5.32 Å². The summed E-state index contributed by atoms with van der Waals surface area (Å²) in [5.41, 5.74) is 3.56. The zero-order valence-electron chi connectivity index (χ0n) is 14.9. The molecule has 0 amide bonds. The van der Waals surface area contributed by atoms with Crippen LogP contribution in [0.3, 0.4) is 0 Å². The first-order valence-electron chi connectivity index (χ1n) is 8.60. The molecule has 0 radical (unpaired) electrons. The molecule has 3 aromatic heterocycles. The Balaban J connectivity index is 1.77. The number of hydrogen-bond donors (Lipinski definition) is 2. The standard InChI is InChI=1S/C19H20N6S/c1-4-15(17-22-12(3)24-25-17)23-18-16-14(9-26-19(16)21-10-20-18)13-7-5-11(2)6-8-13/h5-10,15H,4H2,1-3H3,(H,20,21,23)(H,22,24,25)/t15-/m0/s1. The van der Waals surface area contributed by atoms with Crippen LogP contribution in [0.5, 0.6) is 0 Å². The molecule has 6 nitrogen and oxygen atoms in total. The number of aromatic amines is 1. The van der Waals surface area contributed by atoms with E-state index >= 15 is 0 Å². The lowest BCUT2D eigenvalue weighted by atomic mass is 10.0. The molecule has 2 N–H and O–H groups in total. The minimum Gasteiger partial charge on any atom is -0.359 e. The first kappa shape index (κ1) is 16.7. The van der Waals surface area contributed by atoms with Crippen molar-refractivity contribution < 1.29 is 0 Å². The summed E-state index contributed by atoms with van der Waals surface area (Å²) in [5, 5.41) is 13.9. The van der Waals surface area contributed by atoms with Gasteiger partial charge in [-0.1, -0.05) is 36.8 Å². The maximum Gasteiger partial charge on any atom is 0.172 e. The summed E-state index contributed by atoms with van der Waals surface area (Å²) in [6.45, 7) is 6.10. The average Bonchev–Trinajstić information content (AvgIpc) is 3.27. The quantitative estimate of drug-likeness (QED) is 0.538. The van der Waals surface area contributed by atoms with E-state index in [1.807, 2.05) is 6.92 Å². The average molecular weight is 364 g/mol. The third-order valence-corrected chi connectivity index (χ3v) is 5.26. The van der Waals surface area contributed by atoms with Gasteiger partial charge in [-0.15, -0.1) is 11.3 Å². The van der Waals surface area contributed by atoms with Gasteiger partial charge in [-0.2, -0.15) is 5.10 Å². The van der Waals surface area contributed by atoms with Gasteiger partial charge in [0.1, 0.15) is 22.8 Å². The summed E-state index contributed by atoms with van der Waals surface area (Å²) in [6, 6.07) is 8.53. The highest BCUT2D eigenvalue weighted by Gasteiger charge is 2.19. The van der Waals surface area contributed by atoms with Gasteiger partial charge in [0.15, 0.2) is 5.82 Å². The van der Waals surface area contributed by atoms with Gasteiger partial charge in [0.05, 0.1) is 11.4 Å². The number of nitrogens with one attached hydrogen (secondary N) is 2. The summed E-state index contributed by atoms with van der Waals surface area (Å²) in [4.78, 5) is 14.4. The molecule has 132 valence electrons. The zero-order valence-corrected chi connectivity index (χ0v) is 15.8. The first-order chi connectivity index (χ1) is 12.7. The number of nitrogens with zero attached hydrogens (tertiary/aromatic N) is 4. The molecule has 1 aromatic carbocycles. The molecular formula is C19H20N6S. The number of hydrogen-bond acceptors (Lipinski definition) is 6. The lowest BCUT2D eigenvalue weighted by Crippen LogP contribution is -2.13. The van der Waals surface area contributed by atoms with E-state index in [4.69, 9.17) is 0 Å². The van der Waals surface area contributed by atoms with Gasteiger partial charge in [0, 0.05) is 10.9 Å². The van der Waals surface area contributed by atoms with Crippen molar-refractivity contribution >= 4 is 27.4 Å². The minimum atomic E-state index is -0.0104. The summed E-state index contributed by atoms with van der Waals surface area (Å²) in [6.07, 6.45) is 2.46. The molecule has 4 rings (SSSR count). The van der Waals surface area contributed by atoms with Crippen molar-refractivity contribution in [2.45, 2.75) is 33.2 Å². The highest BCUT2D eigenvalue weighted by Crippen LogP contribution is 2.37. The van der Waals surface area contributed by atoms with Gasteiger partial charge in [-0.25, -0.2) is 15.0 Å². The molecule has 0 unspecified atom stereocenters. The normalized spacial score (nSPS) is 12.4. The van der Waals surface area contributed by atoms with Gasteiger partial charge in [-0.3, -0.25) is 5.10 Å². The van der Waals surface area contributed by atoms with E-state index in [9.17, 15) is 0 Å². The molecule has 0 saturated carbocycles. The van der Waals surface area contributed by atoms with Crippen LogP contribution in [0.15, 0.2) is 36.0 Å². The maximum absolute atomic E-state index is 4.52. The van der Waals surface area contributed by atoms with Crippen molar-refractivity contribution in [1.29, 1.82) is 0 Å². The molecule has 0 aliphatic rings. The lowest BCUT2D eigenvalue weighted by molar-refractivity contribution is 0.694. The fraction of sp³-hybridized carbons (Fsp3) is 0.263. The van der Waals surface area contributed by atoms with Crippen LogP contribution in [0.1, 0.15) is 36.6 Å². The minimum absolute atomic E-state index is 0.0104. The Bertz CT molecular complexity index is 1030. The number of benzene rings is 1. The Morgan fingerprint density at radius 1 is 1.15 bits per heavy atom. The molecule has 0 fully saturated rings. The molecule has 4 aromatic rings. The number of fused-ring (bicyclic) bond motifs is 1. The maximum atomic E-state index is 4.52. The second kappa shape index (κ2) is 6.84. The van der Waals surface area contributed by atoms with Gasteiger partial charge >= 0.3 is 0 Å². The molecule has 26 heavy (non-hydrogen) atoms. The van der Waals surface area contributed by atoms with Gasteiger partial charge in [0.25, 0.3) is 0 Å². The number of anilines is 1. The Morgan fingerprint density at radius 2 is 1.96 bits per heavy atom. The molecule has 1 atom stereocenters. The van der Waals surface area contributed by atoms with Crippen LogP contribution in [0, 0.1) is 13.8 Å². The van der Waals surface area contributed by atoms with E-state index in [1.54, 1.807) is 17.7 Å². The fourth-order valence-electron chi connectivity index (χ4n) is 2.96. The predicted octanol–water partition coefficient (Wildman–Crippen LogP) is 4.66. The third kappa shape index (κ3) is 3.06. The second-order valence-electron chi connectivity index (χ2n) is 6.30. The summed E-state index contributed by atoms with van der Waals surface area (Å²) in [5.74, 6) is 2.38. The molecule has 0 aliphatic heterocycles. The van der Waals surface area contributed by atoms with Crippen molar-refractivity contribution in [2.24, 2.45) is 0 Å². The van der Waals surface area contributed by atoms with E-state index in [-0.39, 0.29) is 6.04 Å². The second-order valence-corrected chi connectivity index (χ2v) is 7.16. The van der Waals surface area contributed by atoms with Crippen LogP contribution in [0.4, 0.5) is 5.82 Å². The van der Waals surface area contributed by atoms with E-state index in [1.165, 1.54) is 11.1 Å². The molecule has 0 saturated heterocycles. The first-order valence-corrected chi connectivity index (χ1v) is 9.48. The largest absolute Gasteiger partial charge is 0.359 e. The summed E-state index contributed by atoms with van der Waals surface area (Å²) >= 11 is 1.63. The van der Waals surface area contributed by atoms with Crippen molar-refractivity contribution in [3.05, 3.63) is 53.2 Å². The van der Waals surface area contributed by atoms with Crippen LogP contribution >= 0.6 is 11.3 Å². The summed E-state index contributed by atoms with van der Waals surface area (Å²) in [7, 11) is 0. The van der Waals surface area contributed by atoms with Crippen LogP contribution in [-0.4, -0.2) is 25.1 Å². The third-order valence-electron chi connectivity index (χ3n) is 4.38. The van der Waals surface area contributed by atoms with E-state index in [0.717, 1.165) is 39.7 Å². The molecule has 0 bridgehead atoms. The predicted molar refractivity (Wildman–Crippen MR) is 105 cm³/mol. The monoisotopic (exact) mass is 364 g/mol. The molecule has 0 aliphatic carbocycles. The Hall–Kier alpha value is -2.80. The van der Waals surface area contributed by atoms with Gasteiger partial charge in [0.2, 0.25) is 0 Å². The Kier molecular flexibility index (Phi) is 4.38. The highest BCUT2D eigenvalue weighted by molar-refractivity contribution is 7.17. The van der Waals surface area contributed by atoms with E-state index < -0.39 is 0 Å². The fourth-order valence-corrected chi connectivity index (χ4v) is 3.88. The van der Waals surface area contributed by atoms with Crippen molar-refractivity contribution in [2.75, 3.05) is 5.32 Å². The van der Waals surface area contributed by atoms with E-state index in [0.29, 0.717) is 0 Å². The molecule has 7 heteroatoms. The van der Waals surface area contributed by atoms with Crippen LogP contribution in [-0.2, 0) is 0 Å². The topological polar surface area (TPSA) is 79.4 Å². The van der Waals surface area contributed by atoms with Crippen molar-refractivity contribution in [3.8, 4) is 11.1 Å². The number of aryl methyl sites for hydroxylation is 2. The zero-order chi connectivity index (χ0) is 18.1. The summed E-state index contributed by atoms with van der Waals surface area (Å²) < 4.78 is 0.